The van der Waals surface area contributed by atoms with Crippen molar-refractivity contribution in [3.63, 3.8) is 0 Å². The van der Waals surface area contributed by atoms with Crippen LogP contribution in [0.1, 0.15) is 18.4 Å². The largest absolute Gasteiger partial charge is 0.374 e. The van der Waals surface area contributed by atoms with Gasteiger partial charge in [-0.05, 0) is 30.5 Å². The van der Waals surface area contributed by atoms with Gasteiger partial charge in [-0.2, -0.15) is 0 Å². The van der Waals surface area contributed by atoms with Gasteiger partial charge in [-0.1, -0.05) is 12.1 Å². The number of ether oxygens (including phenoxy) is 1. The number of hydrogen-bond donors (Lipinski definition) is 0. The lowest BCUT2D eigenvalue weighted by Crippen LogP contribution is -2.24. The van der Waals surface area contributed by atoms with E-state index < -0.39 is 9.84 Å². The lowest BCUT2D eigenvalue weighted by atomic mass is 9.82. The van der Waals surface area contributed by atoms with E-state index in [9.17, 15) is 8.42 Å². The van der Waals surface area contributed by atoms with Crippen molar-refractivity contribution >= 4 is 9.84 Å². The van der Waals surface area contributed by atoms with Gasteiger partial charge in [-0.3, -0.25) is 4.90 Å². The molecule has 0 unspecified atom stereocenters. The molecule has 3 aliphatic rings. The Kier molecular flexibility index (Phi) is 3.14. The average molecular weight is 307 g/mol. The molecule has 0 aliphatic carbocycles. The minimum Gasteiger partial charge on any atom is -0.374 e. The van der Waals surface area contributed by atoms with Crippen LogP contribution < -0.4 is 0 Å². The SMILES string of the molecule is CS(=O)(=O)c1ccc(CN2C[C@@H]3[C@H](C2)[C@H]2CC[C@@H]3O2)cc1. The van der Waals surface area contributed by atoms with Crippen molar-refractivity contribution in [2.75, 3.05) is 19.3 Å². The van der Waals surface area contributed by atoms with Crippen LogP contribution in [0.2, 0.25) is 0 Å². The quantitative estimate of drug-likeness (QED) is 0.853. The molecule has 0 N–H and O–H groups in total. The molecule has 114 valence electrons. The van der Waals surface area contributed by atoms with Gasteiger partial charge in [0.15, 0.2) is 9.84 Å². The normalized spacial score (nSPS) is 35.3. The van der Waals surface area contributed by atoms with Gasteiger partial charge in [0.05, 0.1) is 17.1 Å². The summed E-state index contributed by atoms with van der Waals surface area (Å²) in [5.41, 5.74) is 1.19. The zero-order chi connectivity index (χ0) is 14.6. The zero-order valence-corrected chi connectivity index (χ0v) is 13.1. The van der Waals surface area contributed by atoms with E-state index in [-0.39, 0.29) is 0 Å². The molecule has 4 nitrogen and oxygen atoms in total. The number of likely N-dealkylation sites (tertiary alicyclic amines) is 1. The Morgan fingerprint density at radius 1 is 1.10 bits per heavy atom. The molecule has 3 aliphatic heterocycles. The first-order valence-corrected chi connectivity index (χ1v) is 9.57. The summed E-state index contributed by atoms with van der Waals surface area (Å²) >= 11 is 0. The van der Waals surface area contributed by atoms with E-state index in [1.165, 1.54) is 24.7 Å². The fraction of sp³-hybridized carbons (Fsp3) is 0.625. The monoisotopic (exact) mass is 307 g/mol. The maximum atomic E-state index is 11.5. The third kappa shape index (κ3) is 2.41. The number of fused-ring (bicyclic) bond motifs is 5. The number of benzene rings is 1. The molecule has 0 radical (unpaired) electrons. The second-order valence-corrected chi connectivity index (χ2v) is 8.74. The molecular formula is C16H21NO3S. The van der Waals surface area contributed by atoms with Crippen LogP contribution in [0.25, 0.3) is 0 Å². The van der Waals surface area contributed by atoms with Gasteiger partial charge in [0.2, 0.25) is 0 Å². The molecule has 0 amide bonds. The Bertz CT molecular complexity index is 622. The molecule has 0 spiro atoms. The topological polar surface area (TPSA) is 46.6 Å². The number of rotatable bonds is 3. The number of hydrogen-bond acceptors (Lipinski definition) is 4. The van der Waals surface area contributed by atoms with Crippen LogP contribution >= 0.6 is 0 Å². The van der Waals surface area contributed by atoms with E-state index in [1.807, 2.05) is 12.1 Å². The minimum atomic E-state index is -3.10. The van der Waals surface area contributed by atoms with Gasteiger partial charge in [0.1, 0.15) is 0 Å². The summed E-state index contributed by atoms with van der Waals surface area (Å²) in [6.45, 7) is 3.16. The van der Waals surface area contributed by atoms with Crippen molar-refractivity contribution in [3.8, 4) is 0 Å². The molecule has 1 aromatic rings. The maximum Gasteiger partial charge on any atom is 0.175 e. The van der Waals surface area contributed by atoms with E-state index in [0.29, 0.717) is 17.1 Å². The Labute approximate surface area is 126 Å². The van der Waals surface area contributed by atoms with Crippen molar-refractivity contribution < 1.29 is 13.2 Å². The first-order chi connectivity index (χ1) is 10.0. The zero-order valence-electron chi connectivity index (χ0n) is 12.2. The molecule has 3 saturated heterocycles. The van der Waals surface area contributed by atoms with Crippen LogP contribution in [0.4, 0.5) is 0 Å². The summed E-state index contributed by atoms with van der Waals surface area (Å²) in [6, 6.07) is 7.31. The molecule has 3 fully saturated rings. The molecule has 4 atom stereocenters. The first-order valence-electron chi connectivity index (χ1n) is 7.67. The molecule has 5 heteroatoms. The van der Waals surface area contributed by atoms with Crippen molar-refractivity contribution in [2.24, 2.45) is 11.8 Å². The molecule has 4 rings (SSSR count). The molecule has 0 saturated carbocycles. The van der Waals surface area contributed by atoms with Gasteiger partial charge >= 0.3 is 0 Å². The number of nitrogens with zero attached hydrogens (tertiary/aromatic N) is 1. The minimum absolute atomic E-state index is 0.399. The van der Waals surface area contributed by atoms with Crippen LogP contribution in [0, 0.1) is 11.8 Å². The van der Waals surface area contributed by atoms with Gasteiger partial charge in [-0.25, -0.2) is 8.42 Å². The van der Waals surface area contributed by atoms with Crippen molar-refractivity contribution in [1.82, 2.24) is 4.90 Å². The van der Waals surface area contributed by atoms with Crippen LogP contribution in [0.5, 0.6) is 0 Å². The molecule has 21 heavy (non-hydrogen) atoms. The Morgan fingerprint density at radius 3 is 2.19 bits per heavy atom. The standard InChI is InChI=1S/C16H21NO3S/c1-21(18,19)12-4-2-11(3-5-12)8-17-9-13-14(10-17)16-7-6-15(13)20-16/h2-5,13-16H,6-10H2,1H3/t13-,14+,15+,16-. The summed E-state index contributed by atoms with van der Waals surface area (Å²) in [4.78, 5) is 2.90. The van der Waals surface area contributed by atoms with Gasteiger partial charge in [0, 0.05) is 37.7 Å². The lowest BCUT2D eigenvalue weighted by molar-refractivity contribution is 0.0697. The Balaban J connectivity index is 1.43. The third-order valence-electron chi connectivity index (χ3n) is 5.29. The van der Waals surface area contributed by atoms with Crippen molar-refractivity contribution in [1.29, 1.82) is 0 Å². The third-order valence-corrected chi connectivity index (χ3v) is 6.41. The van der Waals surface area contributed by atoms with Gasteiger partial charge < -0.3 is 4.74 Å². The van der Waals surface area contributed by atoms with Gasteiger partial charge in [-0.15, -0.1) is 0 Å². The average Bonchev–Trinajstić information content (AvgIpc) is 3.09. The highest BCUT2D eigenvalue weighted by molar-refractivity contribution is 7.90. The summed E-state index contributed by atoms with van der Waals surface area (Å²) in [7, 11) is -3.10. The summed E-state index contributed by atoms with van der Waals surface area (Å²) < 4.78 is 28.9. The van der Waals surface area contributed by atoms with Crippen LogP contribution in [-0.2, 0) is 21.1 Å². The summed E-state index contributed by atoms with van der Waals surface area (Å²) in [5, 5.41) is 0. The Hall–Kier alpha value is -0.910. The summed E-state index contributed by atoms with van der Waals surface area (Å²) in [6.07, 6.45) is 4.72. The highest BCUT2D eigenvalue weighted by atomic mass is 32.2. The van der Waals surface area contributed by atoms with Crippen LogP contribution in [0.15, 0.2) is 29.2 Å². The van der Waals surface area contributed by atoms with E-state index in [4.69, 9.17) is 4.74 Å². The second-order valence-electron chi connectivity index (χ2n) is 6.73. The second kappa shape index (κ2) is 4.80. The van der Waals surface area contributed by atoms with Crippen molar-refractivity contribution in [3.05, 3.63) is 29.8 Å². The molecular weight excluding hydrogens is 286 g/mol. The van der Waals surface area contributed by atoms with Gasteiger partial charge in [0.25, 0.3) is 0 Å². The van der Waals surface area contributed by atoms with Crippen molar-refractivity contribution in [2.45, 2.75) is 36.5 Å². The van der Waals surface area contributed by atoms with Crippen LogP contribution in [0.3, 0.4) is 0 Å². The Morgan fingerprint density at radius 2 is 1.67 bits per heavy atom. The highest BCUT2D eigenvalue weighted by Crippen LogP contribution is 2.47. The van der Waals surface area contributed by atoms with E-state index in [2.05, 4.69) is 4.90 Å². The number of sulfone groups is 1. The fourth-order valence-corrected chi connectivity index (χ4v) is 4.91. The predicted octanol–water partition coefficient (Wildman–Crippen LogP) is 1.70. The van der Waals surface area contributed by atoms with E-state index in [0.717, 1.165) is 31.5 Å². The maximum absolute atomic E-state index is 11.5. The highest BCUT2D eigenvalue weighted by Gasteiger charge is 2.52. The molecule has 2 bridgehead atoms. The van der Waals surface area contributed by atoms with E-state index in [1.54, 1.807) is 12.1 Å². The van der Waals surface area contributed by atoms with Crippen LogP contribution in [-0.4, -0.2) is 44.9 Å². The van der Waals surface area contributed by atoms with E-state index >= 15 is 0 Å². The molecule has 0 aromatic heterocycles. The summed E-state index contributed by atoms with van der Waals surface area (Å²) in [5.74, 6) is 1.44. The smallest absolute Gasteiger partial charge is 0.175 e. The first kappa shape index (κ1) is 13.7. The predicted molar refractivity (Wildman–Crippen MR) is 79.7 cm³/mol. The molecule has 1 aromatic carbocycles. The fourth-order valence-electron chi connectivity index (χ4n) is 4.28. The molecule has 3 heterocycles. The lowest BCUT2D eigenvalue weighted by Gasteiger charge is -2.18.